The highest BCUT2D eigenvalue weighted by molar-refractivity contribution is 8.00. The smallest absolute Gasteiger partial charge is 0.214 e. The molecule has 8 heavy (non-hydrogen) atoms. The second-order valence-corrected chi connectivity index (χ2v) is 3.15. The van der Waals surface area contributed by atoms with Gasteiger partial charge in [0.1, 0.15) is 0 Å². The Morgan fingerprint density at radius 2 is 2.00 bits per heavy atom. The van der Waals surface area contributed by atoms with E-state index in [4.69, 9.17) is 4.74 Å². The average Bonchev–Trinajstić information content (AvgIpc) is 1.65. The average molecular weight is 146 g/mol. The van der Waals surface area contributed by atoms with E-state index in [1.807, 2.05) is 6.08 Å². The lowest BCUT2D eigenvalue weighted by atomic mass is 10.4. The van der Waals surface area contributed by atoms with Crippen LogP contribution in [-0.4, -0.2) is 4.27 Å². The highest BCUT2D eigenvalue weighted by Gasteiger charge is 2.16. The van der Waals surface area contributed by atoms with E-state index < -0.39 is 4.27 Å². The molecule has 0 aliphatic carbocycles. The lowest BCUT2D eigenvalue weighted by molar-refractivity contribution is 0.234. The number of allylic oxidation sites excluding steroid dienone is 2. The third kappa shape index (κ3) is 1.49. The number of thiol groups is 2. The molecule has 0 bridgehead atoms. The molecule has 0 unspecified atom stereocenters. The number of hydrogen-bond donors (Lipinski definition) is 2. The third-order valence-corrected chi connectivity index (χ3v) is 1.25. The van der Waals surface area contributed by atoms with Gasteiger partial charge in [0.2, 0.25) is 4.27 Å². The molecule has 0 N–H and O–H groups in total. The topological polar surface area (TPSA) is 9.23 Å². The summed E-state index contributed by atoms with van der Waals surface area (Å²) < 4.78 is 4.23. The van der Waals surface area contributed by atoms with Crippen LogP contribution in [0.25, 0.3) is 0 Å². The number of hydrogen-bond acceptors (Lipinski definition) is 3. The Kier molecular flexibility index (Phi) is 1.58. The molecule has 0 amide bonds. The van der Waals surface area contributed by atoms with Gasteiger partial charge in [-0.2, -0.15) is 0 Å². The van der Waals surface area contributed by atoms with Crippen molar-refractivity contribution in [2.75, 3.05) is 0 Å². The van der Waals surface area contributed by atoms with Crippen molar-refractivity contribution in [3.8, 4) is 0 Å². The fourth-order valence-corrected chi connectivity index (χ4v) is 0.699. The molecule has 1 aliphatic heterocycles. The van der Waals surface area contributed by atoms with Gasteiger partial charge in [0, 0.05) is 0 Å². The van der Waals surface area contributed by atoms with Crippen molar-refractivity contribution in [2.45, 2.75) is 4.27 Å². The van der Waals surface area contributed by atoms with Crippen molar-refractivity contribution in [1.29, 1.82) is 0 Å². The van der Waals surface area contributed by atoms with E-state index in [1.165, 1.54) is 0 Å². The Hall–Kier alpha value is -0.0200. The second kappa shape index (κ2) is 2.07. The molecule has 0 aromatic carbocycles. The highest BCUT2D eigenvalue weighted by atomic mass is 32.2. The van der Waals surface area contributed by atoms with Gasteiger partial charge in [-0.25, -0.2) is 0 Å². The molecular weight excluding hydrogens is 140 g/mol. The minimum atomic E-state index is -0.700. The maximum absolute atomic E-state index is 4.93. The summed E-state index contributed by atoms with van der Waals surface area (Å²) in [5.74, 6) is 0. The molecule has 3 heteroatoms. The predicted octanol–water partition coefficient (Wildman–Crippen LogP) is 1.60. The summed E-state index contributed by atoms with van der Waals surface area (Å²) >= 11 is 8.04. The lowest BCUT2D eigenvalue weighted by Crippen LogP contribution is -2.12. The van der Waals surface area contributed by atoms with Crippen molar-refractivity contribution in [2.24, 2.45) is 0 Å². The van der Waals surface area contributed by atoms with Crippen molar-refractivity contribution >= 4 is 25.3 Å². The first-order chi connectivity index (χ1) is 3.71. The van der Waals surface area contributed by atoms with Crippen molar-refractivity contribution in [3.05, 3.63) is 24.5 Å². The minimum absolute atomic E-state index is 0.700. The van der Waals surface area contributed by atoms with Gasteiger partial charge in [0.25, 0.3) is 0 Å². The van der Waals surface area contributed by atoms with Gasteiger partial charge in [0.15, 0.2) is 0 Å². The molecule has 0 aromatic heterocycles. The van der Waals surface area contributed by atoms with Crippen LogP contribution in [0.2, 0.25) is 0 Å². The van der Waals surface area contributed by atoms with E-state index in [0.29, 0.717) is 0 Å². The van der Waals surface area contributed by atoms with Gasteiger partial charge in [-0.05, 0) is 12.2 Å². The molecule has 1 aliphatic rings. The van der Waals surface area contributed by atoms with E-state index in [2.05, 4.69) is 25.3 Å². The van der Waals surface area contributed by atoms with Gasteiger partial charge >= 0.3 is 0 Å². The van der Waals surface area contributed by atoms with Gasteiger partial charge in [-0.1, -0.05) is 6.08 Å². The monoisotopic (exact) mass is 146 g/mol. The van der Waals surface area contributed by atoms with Crippen LogP contribution in [-0.2, 0) is 4.74 Å². The summed E-state index contributed by atoms with van der Waals surface area (Å²) in [5.41, 5.74) is 0. The quantitative estimate of drug-likeness (QED) is 0.390. The Labute approximate surface area is 59.2 Å². The summed E-state index contributed by atoms with van der Waals surface area (Å²) in [6.07, 6.45) is 6.92. The van der Waals surface area contributed by atoms with Crippen LogP contribution < -0.4 is 0 Å². The van der Waals surface area contributed by atoms with Gasteiger partial charge in [-0.3, -0.25) is 0 Å². The van der Waals surface area contributed by atoms with Crippen molar-refractivity contribution in [3.63, 3.8) is 0 Å². The molecular formula is C5H6OS2. The summed E-state index contributed by atoms with van der Waals surface area (Å²) in [5, 5.41) is 0. The Balaban J connectivity index is 2.65. The van der Waals surface area contributed by atoms with Crippen LogP contribution in [0.1, 0.15) is 0 Å². The maximum Gasteiger partial charge on any atom is 0.214 e. The fraction of sp³-hybridized carbons (Fsp3) is 0.200. The lowest BCUT2D eigenvalue weighted by Gasteiger charge is -2.18. The van der Waals surface area contributed by atoms with Crippen LogP contribution in [0.5, 0.6) is 0 Å². The number of rotatable bonds is 0. The molecule has 0 atom stereocenters. The van der Waals surface area contributed by atoms with Crippen molar-refractivity contribution in [1.82, 2.24) is 0 Å². The summed E-state index contributed by atoms with van der Waals surface area (Å²) in [6.45, 7) is 0. The molecule has 1 nitrogen and oxygen atoms in total. The summed E-state index contributed by atoms with van der Waals surface area (Å²) in [6, 6.07) is 0. The van der Waals surface area contributed by atoms with Crippen molar-refractivity contribution < 1.29 is 4.74 Å². The third-order valence-electron chi connectivity index (χ3n) is 0.745. The molecule has 0 saturated carbocycles. The first-order valence-corrected chi connectivity index (χ1v) is 3.07. The zero-order chi connectivity index (χ0) is 6.04. The van der Waals surface area contributed by atoms with Crippen LogP contribution >= 0.6 is 25.3 Å². The Bertz CT molecular complexity index is 137. The second-order valence-electron chi connectivity index (χ2n) is 1.46. The SMILES string of the molecule is SC1(S)C=CC=CO1. The highest BCUT2D eigenvalue weighted by Crippen LogP contribution is 2.25. The van der Waals surface area contributed by atoms with E-state index in [-0.39, 0.29) is 0 Å². The number of ether oxygens (including phenoxy) is 1. The zero-order valence-electron chi connectivity index (χ0n) is 4.11. The fourth-order valence-electron chi connectivity index (χ4n) is 0.405. The zero-order valence-corrected chi connectivity index (χ0v) is 5.90. The minimum Gasteiger partial charge on any atom is -0.472 e. The Morgan fingerprint density at radius 1 is 1.25 bits per heavy atom. The van der Waals surface area contributed by atoms with Crippen LogP contribution in [0, 0.1) is 0 Å². The molecule has 0 fully saturated rings. The first-order valence-electron chi connectivity index (χ1n) is 2.18. The summed E-state index contributed by atoms with van der Waals surface area (Å²) in [4.78, 5) is 0. The first kappa shape index (κ1) is 6.11. The van der Waals surface area contributed by atoms with Crippen LogP contribution in [0.15, 0.2) is 24.5 Å². The molecule has 0 spiro atoms. The standard InChI is InChI=1S/C5H6OS2/c7-5(8)3-1-2-4-6-5/h1-4,7-8H. The van der Waals surface area contributed by atoms with E-state index in [0.717, 1.165) is 0 Å². The van der Waals surface area contributed by atoms with Gasteiger partial charge in [0.05, 0.1) is 6.26 Å². The van der Waals surface area contributed by atoms with E-state index in [9.17, 15) is 0 Å². The molecule has 0 aromatic rings. The predicted molar refractivity (Wildman–Crippen MR) is 40.1 cm³/mol. The molecule has 0 radical (unpaired) electrons. The molecule has 44 valence electrons. The normalized spacial score (nSPS) is 22.8. The summed E-state index contributed by atoms with van der Waals surface area (Å²) in [7, 11) is 0. The Morgan fingerprint density at radius 3 is 2.25 bits per heavy atom. The van der Waals surface area contributed by atoms with Crippen LogP contribution in [0.4, 0.5) is 0 Å². The molecule has 0 saturated heterocycles. The molecule has 1 heterocycles. The van der Waals surface area contributed by atoms with E-state index in [1.54, 1.807) is 18.4 Å². The van der Waals surface area contributed by atoms with Gasteiger partial charge < -0.3 is 4.74 Å². The van der Waals surface area contributed by atoms with E-state index >= 15 is 0 Å². The maximum atomic E-state index is 4.93. The molecule has 1 rings (SSSR count). The van der Waals surface area contributed by atoms with Crippen LogP contribution in [0.3, 0.4) is 0 Å². The van der Waals surface area contributed by atoms with Gasteiger partial charge in [-0.15, -0.1) is 25.3 Å². The largest absolute Gasteiger partial charge is 0.472 e.